The first-order valence-electron chi connectivity index (χ1n) is 8.56. The second-order valence-electron chi connectivity index (χ2n) is 6.24. The smallest absolute Gasteiger partial charge is 0.263 e. The summed E-state index contributed by atoms with van der Waals surface area (Å²) >= 11 is 2.93. The molecule has 0 atom stereocenters. The maximum atomic E-state index is 13.2. The van der Waals surface area contributed by atoms with E-state index in [1.165, 1.54) is 35.2 Å². The maximum Gasteiger partial charge on any atom is 0.263 e. The van der Waals surface area contributed by atoms with Crippen LogP contribution in [0.2, 0.25) is 0 Å². The van der Waals surface area contributed by atoms with E-state index >= 15 is 0 Å². The molecule has 4 aromatic rings. The summed E-state index contributed by atoms with van der Waals surface area (Å²) in [6.07, 6.45) is 0. The molecule has 2 heterocycles. The van der Waals surface area contributed by atoms with Crippen LogP contribution in [0.3, 0.4) is 0 Å². The first-order chi connectivity index (χ1) is 13.6. The highest BCUT2D eigenvalue weighted by molar-refractivity contribution is 7.98. The summed E-state index contributed by atoms with van der Waals surface area (Å²) in [4.78, 5) is 18.4. The zero-order valence-corrected chi connectivity index (χ0v) is 16.9. The first kappa shape index (κ1) is 18.7. The molecule has 4 rings (SSSR count). The number of methoxy groups -OCH3 is 1. The summed E-state index contributed by atoms with van der Waals surface area (Å²) in [5.74, 6) is 1.18. The largest absolute Gasteiger partial charge is 0.497 e. The van der Waals surface area contributed by atoms with Gasteiger partial charge in [0, 0.05) is 23.7 Å². The van der Waals surface area contributed by atoms with Crippen molar-refractivity contribution in [2.45, 2.75) is 10.9 Å². The number of ether oxygens (including phenoxy) is 1. The highest BCUT2D eigenvalue weighted by Crippen LogP contribution is 2.32. The van der Waals surface area contributed by atoms with Gasteiger partial charge in [-0.2, -0.15) is 0 Å². The zero-order valence-electron chi connectivity index (χ0n) is 15.3. The van der Waals surface area contributed by atoms with Gasteiger partial charge < -0.3 is 4.74 Å². The highest BCUT2D eigenvalue weighted by Gasteiger charge is 2.16. The molecule has 0 fully saturated rings. The molecule has 0 N–H and O–H groups in total. The minimum Gasteiger partial charge on any atom is -0.497 e. The summed E-state index contributed by atoms with van der Waals surface area (Å²) in [5.41, 5.74) is 2.59. The van der Waals surface area contributed by atoms with Gasteiger partial charge in [-0.15, -0.1) is 11.3 Å². The number of hydrogen-bond donors (Lipinski definition) is 0. The van der Waals surface area contributed by atoms with E-state index in [4.69, 9.17) is 9.72 Å². The average Bonchev–Trinajstić information content (AvgIpc) is 3.14. The van der Waals surface area contributed by atoms with Crippen LogP contribution in [0.25, 0.3) is 21.3 Å². The van der Waals surface area contributed by atoms with Gasteiger partial charge in [-0.05, 0) is 35.4 Å². The predicted molar refractivity (Wildman–Crippen MR) is 113 cm³/mol. The molecule has 0 aliphatic rings. The quantitative estimate of drug-likeness (QED) is 0.338. The van der Waals surface area contributed by atoms with Gasteiger partial charge in [-0.25, -0.2) is 9.37 Å². The van der Waals surface area contributed by atoms with E-state index in [0.717, 1.165) is 22.4 Å². The molecule has 2 aromatic carbocycles. The van der Waals surface area contributed by atoms with Crippen LogP contribution >= 0.6 is 23.1 Å². The van der Waals surface area contributed by atoms with Gasteiger partial charge >= 0.3 is 0 Å². The number of halogens is 1. The summed E-state index contributed by atoms with van der Waals surface area (Å²) in [6, 6.07) is 14.0. The number of hydrogen-bond acceptors (Lipinski definition) is 5. The van der Waals surface area contributed by atoms with Crippen LogP contribution in [0, 0.1) is 5.82 Å². The number of fused-ring (bicyclic) bond motifs is 1. The fourth-order valence-electron chi connectivity index (χ4n) is 2.93. The van der Waals surface area contributed by atoms with Crippen molar-refractivity contribution in [3.8, 4) is 16.9 Å². The maximum absolute atomic E-state index is 13.2. The van der Waals surface area contributed by atoms with Crippen LogP contribution in [0.1, 0.15) is 5.56 Å². The average molecular weight is 413 g/mol. The van der Waals surface area contributed by atoms with Crippen molar-refractivity contribution in [3.05, 3.63) is 75.6 Å². The van der Waals surface area contributed by atoms with Gasteiger partial charge in [-0.1, -0.05) is 36.0 Å². The molecule has 0 radical (unpaired) electrons. The lowest BCUT2D eigenvalue weighted by Gasteiger charge is -2.09. The third kappa shape index (κ3) is 3.55. The minimum atomic E-state index is -0.300. The van der Waals surface area contributed by atoms with Crippen LogP contribution in [0.15, 0.2) is 63.9 Å². The number of rotatable bonds is 5. The van der Waals surface area contributed by atoms with Crippen LogP contribution in [0.4, 0.5) is 4.39 Å². The molecule has 7 heteroatoms. The Balaban J connectivity index is 1.69. The van der Waals surface area contributed by atoms with Gasteiger partial charge in [0.1, 0.15) is 16.4 Å². The Kier molecular flexibility index (Phi) is 5.19. The number of nitrogens with zero attached hydrogens (tertiary/aromatic N) is 2. The second kappa shape index (κ2) is 7.77. The molecular weight excluding hydrogens is 395 g/mol. The van der Waals surface area contributed by atoms with E-state index < -0.39 is 0 Å². The van der Waals surface area contributed by atoms with Gasteiger partial charge in [0.05, 0.1) is 12.5 Å². The van der Waals surface area contributed by atoms with Crippen molar-refractivity contribution < 1.29 is 9.13 Å². The lowest BCUT2D eigenvalue weighted by atomic mass is 10.1. The first-order valence-corrected chi connectivity index (χ1v) is 10.4. The summed E-state index contributed by atoms with van der Waals surface area (Å²) in [7, 11) is 3.37. The lowest BCUT2D eigenvalue weighted by Crippen LogP contribution is -2.19. The molecule has 0 saturated heterocycles. The Morgan fingerprint density at radius 2 is 2.00 bits per heavy atom. The molecule has 4 nitrogen and oxygen atoms in total. The van der Waals surface area contributed by atoms with Gasteiger partial charge in [-0.3, -0.25) is 9.36 Å². The van der Waals surface area contributed by atoms with Crippen molar-refractivity contribution in [1.29, 1.82) is 0 Å². The molecule has 142 valence electrons. The lowest BCUT2D eigenvalue weighted by molar-refractivity contribution is 0.414. The summed E-state index contributed by atoms with van der Waals surface area (Å²) < 4.78 is 20.1. The molecule has 28 heavy (non-hydrogen) atoms. The Morgan fingerprint density at radius 3 is 2.75 bits per heavy atom. The second-order valence-corrected chi connectivity index (χ2v) is 8.04. The van der Waals surface area contributed by atoms with Gasteiger partial charge in [0.2, 0.25) is 0 Å². The van der Waals surface area contributed by atoms with Gasteiger partial charge in [0.15, 0.2) is 5.16 Å². The molecule has 0 spiro atoms. The number of aromatic nitrogens is 2. The Bertz CT molecular complexity index is 1200. The van der Waals surface area contributed by atoms with Gasteiger partial charge in [0.25, 0.3) is 5.56 Å². The molecule has 2 aromatic heterocycles. The van der Waals surface area contributed by atoms with E-state index in [2.05, 4.69) is 0 Å². The van der Waals surface area contributed by atoms with Crippen LogP contribution in [-0.2, 0) is 12.8 Å². The third-order valence-corrected chi connectivity index (χ3v) is 6.40. The normalized spacial score (nSPS) is 11.1. The van der Waals surface area contributed by atoms with Crippen molar-refractivity contribution in [1.82, 2.24) is 9.55 Å². The van der Waals surface area contributed by atoms with Crippen LogP contribution < -0.4 is 10.3 Å². The number of thiophene rings is 1. The standard InChI is InChI=1S/C21H17FN2O2S2/c1-24-20(25)18-17(14-6-8-15(22)9-7-14)12-27-19(18)23-21(24)28-11-13-4-3-5-16(10-13)26-2/h3-10,12H,11H2,1-2H3. The van der Waals surface area contributed by atoms with Crippen LogP contribution in [0.5, 0.6) is 5.75 Å². The third-order valence-electron chi connectivity index (χ3n) is 4.43. The number of benzene rings is 2. The molecule has 0 aliphatic heterocycles. The predicted octanol–water partition coefficient (Wildman–Crippen LogP) is 5.10. The SMILES string of the molecule is COc1cccc(CSc2nc3scc(-c4ccc(F)cc4)c3c(=O)n2C)c1. The highest BCUT2D eigenvalue weighted by atomic mass is 32.2. The van der Waals surface area contributed by atoms with Crippen molar-refractivity contribution in [3.63, 3.8) is 0 Å². The molecule has 0 amide bonds. The Morgan fingerprint density at radius 1 is 1.21 bits per heavy atom. The fraction of sp³-hybridized carbons (Fsp3) is 0.143. The molecule has 0 saturated carbocycles. The summed E-state index contributed by atoms with van der Waals surface area (Å²) in [6.45, 7) is 0. The Hall–Kier alpha value is -2.64. The van der Waals surface area contributed by atoms with Crippen molar-refractivity contribution >= 4 is 33.3 Å². The van der Waals surface area contributed by atoms with E-state index in [9.17, 15) is 9.18 Å². The fourth-order valence-corrected chi connectivity index (χ4v) is 4.84. The Labute approximate surface area is 169 Å². The number of thioether (sulfide) groups is 1. The topological polar surface area (TPSA) is 44.1 Å². The molecule has 0 bridgehead atoms. The minimum absolute atomic E-state index is 0.0984. The molecular formula is C21H17FN2O2S2. The monoisotopic (exact) mass is 412 g/mol. The van der Waals surface area contributed by atoms with E-state index in [-0.39, 0.29) is 11.4 Å². The van der Waals surface area contributed by atoms with Crippen LogP contribution in [-0.4, -0.2) is 16.7 Å². The zero-order chi connectivity index (χ0) is 19.7. The summed E-state index contributed by atoms with van der Waals surface area (Å²) in [5, 5.41) is 3.14. The molecule has 0 unspecified atom stereocenters. The molecule has 0 aliphatic carbocycles. The van der Waals surface area contributed by atoms with Crippen molar-refractivity contribution in [2.75, 3.05) is 7.11 Å². The van der Waals surface area contributed by atoms with Crippen molar-refractivity contribution in [2.24, 2.45) is 7.05 Å². The van der Waals surface area contributed by atoms with E-state index in [0.29, 0.717) is 21.1 Å². The van der Waals surface area contributed by atoms with E-state index in [1.54, 1.807) is 30.9 Å². The van der Waals surface area contributed by atoms with E-state index in [1.807, 2.05) is 29.6 Å².